The smallest absolute Gasteiger partial charge is 0.343 e. The summed E-state index contributed by atoms with van der Waals surface area (Å²) >= 11 is 0. The molecule has 0 fully saturated rings. The molecule has 1 aromatic heterocycles. The molecule has 0 aliphatic carbocycles. The lowest BCUT2D eigenvalue weighted by Crippen LogP contribution is -2.04. The van der Waals surface area contributed by atoms with Crippen molar-refractivity contribution >= 4 is 11.8 Å². The van der Waals surface area contributed by atoms with Crippen molar-refractivity contribution in [3.8, 4) is 0 Å². The highest BCUT2D eigenvalue weighted by Crippen LogP contribution is 2.12. The Bertz CT molecular complexity index is 260. The van der Waals surface area contributed by atoms with Crippen molar-refractivity contribution in [1.82, 2.24) is 10.2 Å². The van der Waals surface area contributed by atoms with E-state index in [1.165, 1.54) is 7.11 Å². The number of aromatic nitrogens is 2. The zero-order valence-corrected chi connectivity index (χ0v) is 6.34. The second kappa shape index (κ2) is 2.61. The van der Waals surface area contributed by atoms with Crippen LogP contribution in [0.25, 0.3) is 0 Å². The summed E-state index contributed by atoms with van der Waals surface area (Å²) in [7, 11) is 1.30. The van der Waals surface area contributed by atoms with Gasteiger partial charge in [0.2, 0.25) is 0 Å². The number of methoxy groups -OCH3 is 1. The van der Waals surface area contributed by atoms with E-state index in [0.29, 0.717) is 11.3 Å². The fourth-order valence-corrected chi connectivity index (χ4v) is 0.808. The van der Waals surface area contributed by atoms with E-state index in [-0.39, 0.29) is 5.82 Å². The third kappa shape index (κ3) is 1.17. The minimum atomic E-state index is -0.464. The molecule has 0 saturated carbocycles. The highest BCUT2D eigenvalue weighted by Gasteiger charge is 2.15. The van der Waals surface area contributed by atoms with Gasteiger partial charge in [-0.2, -0.15) is 5.10 Å². The number of H-pyrrole nitrogens is 1. The van der Waals surface area contributed by atoms with Gasteiger partial charge in [-0.15, -0.1) is 0 Å². The number of anilines is 1. The van der Waals surface area contributed by atoms with Crippen LogP contribution in [-0.2, 0) is 4.74 Å². The lowest BCUT2D eigenvalue weighted by Gasteiger charge is -1.96. The van der Waals surface area contributed by atoms with Crippen LogP contribution >= 0.6 is 0 Å². The van der Waals surface area contributed by atoms with Gasteiger partial charge in [0.25, 0.3) is 0 Å². The average molecular weight is 155 g/mol. The zero-order valence-electron chi connectivity index (χ0n) is 6.34. The summed E-state index contributed by atoms with van der Waals surface area (Å²) in [5.74, 6) is -0.289. The van der Waals surface area contributed by atoms with E-state index in [0.717, 1.165) is 0 Å². The third-order valence-electron chi connectivity index (χ3n) is 1.36. The van der Waals surface area contributed by atoms with Gasteiger partial charge < -0.3 is 10.5 Å². The third-order valence-corrected chi connectivity index (χ3v) is 1.36. The van der Waals surface area contributed by atoms with Gasteiger partial charge in [0.05, 0.1) is 7.11 Å². The number of ether oxygens (including phenoxy) is 1. The predicted molar refractivity (Wildman–Crippen MR) is 39.1 cm³/mol. The topological polar surface area (TPSA) is 81.0 Å². The summed E-state index contributed by atoms with van der Waals surface area (Å²) in [6.07, 6.45) is 0. The van der Waals surface area contributed by atoms with Crippen LogP contribution in [0.5, 0.6) is 0 Å². The molecule has 0 aliphatic rings. The average Bonchev–Trinajstić information content (AvgIpc) is 2.30. The number of esters is 1. The molecule has 0 saturated heterocycles. The van der Waals surface area contributed by atoms with Crippen molar-refractivity contribution in [2.45, 2.75) is 6.92 Å². The van der Waals surface area contributed by atoms with Crippen LogP contribution in [0.2, 0.25) is 0 Å². The number of aryl methyl sites for hydroxylation is 1. The highest BCUT2D eigenvalue weighted by molar-refractivity contribution is 5.95. The molecule has 0 radical (unpaired) electrons. The van der Waals surface area contributed by atoms with Crippen LogP contribution in [0.4, 0.5) is 5.82 Å². The molecule has 1 heterocycles. The zero-order chi connectivity index (χ0) is 8.43. The molecule has 0 amide bonds. The molecule has 0 bridgehead atoms. The summed E-state index contributed by atoms with van der Waals surface area (Å²) in [4.78, 5) is 11.0. The Morgan fingerprint density at radius 3 is 2.73 bits per heavy atom. The van der Waals surface area contributed by atoms with Crippen molar-refractivity contribution in [2.75, 3.05) is 12.8 Å². The van der Waals surface area contributed by atoms with Gasteiger partial charge in [-0.1, -0.05) is 0 Å². The van der Waals surface area contributed by atoms with Gasteiger partial charge in [0.15, 0.2) is 5.82 Å². The molecule has 0 atom stereocenters. The maximum Gasteiger partial charge on any atom is 0.343 e. The van der Waals surface area contributed by atoms with Crippen LogP contribution in [0.15, 0.2) is 0 Å². The van der Waals surface area contributed by atoms with E-state index in [4.69, 9.17) is 5.73 Å². The van der Waals surface area contributed by atoms with Crippen molar-refractivity contribution in [3.63, 3.8) is 0 Å². The molecule has 0 aliphatic heterocycles. The Kier molecular flexibility index (Phi) is 1.80. The van der Waals surface area contributed by atoms with Gasteiger partial charge >= 0.3 is 5.97 Å². The molecule has 1 aromatic rings. The van der Waals surface area contributed by atoms with Gasteiger partial charge in [-0.25, -0.2) is 4.79 Å². The number of hydrogen-bond donors (Lipinski definition) is 2. The number of nitrogens with one attached hydrogen (secondary N) is 1. The number of nitrogens with zero attached hydrogens (tertiary/aromatic N) is 1. The molecule has 3 N–H and O–H groups in total. The van der Waals surface area contributed by atoms with E-state index in [2.05, 4.69) is 14.9 Å². The Labute approximate surface area is 63.5 Å². The highest BCUT2D eigenvalue weighted by atomic mass is 16.5. The first-order chi connectivity index (χ1) is 5.16. The summed E-state index contributed by atoms with van der Waals surface area (Å²) < 4.78 is 4.48. The molecule has 0 unspecified atom stereocenters. The number of hydrogen-bond acceptors (Lipinski definition) is 4. The second-order valence-corrected chi connectivity index (χ2v) is 2.10. The first kappa shape index (κ1) is 7.59. The SMILES string of the molecule is COC(=O)c1c(N)n[nH]c1C. The van der Waals surface area contributed by atoms with Crippen LogP contribution < -0.4 is 5.73 Å². The Hall–Kier alpha value is -1.52. The Morgan fingerprint density at radius 1 is 1.73 bits per heavy atom. The van der Waals surface area contributed by atoms with Gasteiger partial charge in [-0.3, -0.25) is 5.10 Å². The Morgan fingerprint density at radius 2 is 2.36 bits per heavy atom. The molecule has 5 heteroatoms. The molecule has 11 heavy (non-hydrogen) atoms. The number of aromatic amines is 1. The summed E-state index contributed by atoms with van der Waals surface area (Å²) in [5, 5.41) is 6.21. The number of rotatable bonds is 1. The van der Waals surface area contributed by atoms with Crippen LogP contribution in [0.3, 0.4) is 0 Å². The van der Waals surface area contributed by atoms with Gasteiger partial charge in [-0.05, 0) is 6.92 Å². The van der Waals surface area contributed by atoms with Crippen molar-refractivity contribution in [1.29, 1.82) is 0 Å². The number of nitrogens with two attached hydrogens (primary N) is 1. The largest absolute Gasteiger partial charge is 0.465 e. The van der Waals surface area contributed by atoms with E-state index in [1.807, 2.05) is 0 Å². The summed E-state index contributed by atoms with van der Waals surface area (Å²) in [6.45, 7) is 1.70. The molecule has 5 nitrogen and oxygen atoms in total. The molecular weight excluding hydrogens is 146 g/mol. The maximum absolute atomic E-state index is 11.0. The molecular formula is C6H9N3O2. The normalized spacial score (nSPS) is 9.64. The molecule has 0 spiro atoms. The van der Waals surface area contributed by atoms with Gasteiger partial charge in [0.1, 0.15) is 5.56 Å². The molecule has 0 aromatic carbocycles. The number of carbonyl (C=O) groups is 1. The lowest BCUT2D eigenvalue weighted by atomic mass is 10.2. The quantitative estimate of drug-likeness (QED) is 0.563. The van der Waals surface area contributed by atoms with Crippen LogP contribution in [-0.4, -0.2) is 23.3 Å². The lowest BCUT2D eigenvalue weighted by molar-refractivity contribution is 0.0601. The monoisotopic (exact) mass is 155 g/mol. The summed E-state index contributed by atoms with van der Waals surface area (Å²) in [6, 6.07) is 0. The van der Waals surface area contributed by atoms with E-state index in [1.54, 1.807) is 6.92 Å². The minimum absolute atomic E-state index is 0.175. The number of nitrogen functional groups attached to an aromatic ring is 1. The van der Waals surface area contributed by atoms with Gasteiger partial charge in [0, 0.05) is 5.69 Å². The van der Waals surface area contributed by atoms with Crippen molar-refractivity contribution in [3.05, 3.63) is 11.3 Å². The van der Waals surface area contributed by atoms with E-state index < -0.39 is 5.97 Å². The summed E-state index contributed by atoms with van der Waals surface area (Å²) in [5.41, 5.74) is 6.31. The van der Waals surface area contributed by atoms with E-state index in [9.17, 15) is 4.79 Å². The minimum Gasteiger partial charge on any atom is -0.465 e. The number of carbonyl (C=O) groups excluding carboxylic acids is 1. The van der Waals surface area contributed by atoms with Crippen molar-refractivity contribution < 1.29 is 9.53 Å². The molecule has 1 rings (SSSR count). The predicted octanol–water partition coefficient (Wildman–Crippen LogP) is 0.0869. The fraction of sp³-hybridized carbons (Fsp3) is 0.333. The van der Waals surface area contributed by atoms with Crippen molar-refractivity contribution in [2.24, 2.45) is 0 Å². The maximum atomic E-state index is 11.0. The second-order valence-electron chi connectivity index (χ2n) is 2.10. The first-order valence-corrected chi connectivity index (χ1v) is 3.05. The van der Waals surface area contributed by atoms with Crippen LogP contribution in [0, 0.1) is 6.92 Å². The van der Waals surface area contributed by atoms with E-state index >= 15 is 0 Å². The standard InChI is InChI=1S/C6H9N3O2/c1-3-4(6(10)11-2)5(7)9-8-3/h1-2H3,(H3,7,8,9). The Balaban J connectivity index is 3.10. The first-order valence-electron chi connectivity index (χ1n) is 3.05. The van der Waals surface area contributed by atoms with Crippen LogP contribution in [0.1, 0.15) is 16.1 Å². The molecule has 60 valence electrons. The fourth-order valence-electron chi connectivity index (χ4n) is 0.808.